The summed E-state index contributed by atoms with van der Waals surface area (Å²) in [6.07, 6.45) is 1.62. The second kappa shape index (κ2) is 5.14. The number of nitrogen functional groups attached to an aromatic ring is 1. The molecule has 0 aliphatic rings. The molecule has 2 N–H and O–H groups in total. The van der Waals surface area contributed by atoms with E-state index in [1.54, 1.807) is 12.1 Å². The first-order valence-electron chi connectivity index (χ1n) is 4.81. The minimum atomic E-state index is -3.64. The molecule has 0 bridgehead atoms. The summed E-state index contributed by atoms with van der Waals surface area (Å²) in [6.45, 7) is 2.18. The smallest absolute Gasteiger partial charge is 0.297 e. The van der Waals surface area contributed by atoms with Crippen LogP contribution in [0.5, 0.6) is 0 Å². The van der Waals surface area contributed by atoms with Gasteiger partial charge in [0.15, 0.2) is 0 Å². The number of nitrogens with two attached hydrogens (primary N) is 1. The van der Waals surface area contributed by atoms with Crippen LogP contribution in [0.25, 0.3) is 0 Å². The molecular formula is C10H15NO3S. The molecule has 0 saturated heterocycles. The van der Waals surface area contributed by atoms with E-state index in [-0.39, 0.29) is 11.5 Å². The van der Waals surface area contributed by atoms with Crippen LogP contribution in [0, 0.1) is 0 Å². The molecule has 4 nitrogen and oxygen atoms in total. The Morgan fingerprint density at radius 2 is 2.13 bits per heavy atom. The fraction of sp³-hybridized carbons (Fsp3) is 0.400. The van der Waals surface area contributed by atoms with Crippen LogP contribution in [0.1, 0.15) is 19.8 Å². The summed E-state index contributed by atoms with van der Waals surface area (Å²) in [5.41, 5.74) is 5.90. The topological polar surface area (TPSA) is 69.4 Å². The number of anilines is 1. The van der Waals surface area contributed by atoms with Crippen LogP contribution in [0.15, 0.2) is 29.2 Å². The first kappa shape index (κ1) is 12.0. The van der Waals surface area contributed by atoms with E-state index >= 15 is 0 Å². The Kier molecular flexibility index (Phi) is 4.11. The number of unbranched alkanes of at least 4 members (excludes halogenated alkanes) is 1. The summed E-state index contributed by atoms with van der Waals surface area (Å²) in [4.78, 5) is 0.110. The minimum absolute atomic E-state index is 0.110. The van der Waals surface area contributed by atoms with Crippen molar-refractivity contribution in [2.75, 3.05) is 12.3 Å². The van der Waals surface area contributed by atoms with Crippen molar-refractivity contribution >= 4 is 15.8 Å². The molecule has 0 radical (unpaired) electrons. The summed E-state index contributed by atoms with van der Waals surface area (Å²) in [5, 5.41) is 0. The zero-order valence-electron chi connectivity index (χ0n) is 8.64. The molecule has 0 saturated carbocycles. The van der Waals surface area contributed by atoms with Gasteiger partial charge in [0.2, 0.25) is 0 Å². The van der Waals surface area contributed by atoms with Gasteiger partial charge in [0.1, 0.15) is 0 Å². The average molecular weight is 229 g/mol. The van der Waals surface area contributed by atoms with Crippen LogP contribution < -0.4 is 5.73 Å². The van der Waals surface area contributed by atoms with Gasteiger partial charge in [-0.2, -0.15) is 8.42 Å². The van der Waals surface area contributed by atoms with Crippen molar-refractivity contribution in [2.45, 2.75) is 24.7 Å². The predicted octanol–water partition coefficient (Wildman–Crippen LogP) is 1.77. The fourth-order valence-corrected chi connectivity index (χ4v) is 2.05. The zero-order valence-corrected chi connectivity index (χ0v) is 9.46. The Balaban J connectivity index is 2.77. The van der Waals surface area contributed by atoms with E-state index in [0.29, 0.717) is 5.69 Å². The van der Waals surface area contributed by atoms with Crippen molar-refractivity contribution in [3.63, 3.8) is 0 Å². The van der Waals surface area contributed by atoms with E-state index in [0.717, 1.165) is 12.8 Å². The number of hydrogen-bond acceptors (Lipinski definition) is 4. The summed E-state index contributed by atoms with van der Waals surface area (Å²) >= 11 is 0. The molecule has 0 amide bonds. The van der Waals surface area contributed by atoms with Crippen molar-refractivity contribution in [2.24, 2.45) is 0 Å². The van der Waals surface area contributed by atoms with Crippen LogP contribution in [-0.2, 0) is 14.3 Å². The Labute approximate surface area is 90.2 Å². The minimum Gasteiger partial charge on any atom is -0.399 e. The highest BCUT2D eigenvalue weighted by atomic mass is 32.2. The first-order chi connectivity index (χ1) is 7.06. The van der Waals surface area contributed by atoms with E-state index in [1.807, 2.05) is 6.92 Å². The Hall–Kier alpha value is -1.07. The lowest BCUT2D eigenvalue weighted by molar-refractivity contribution is 0.311. The van der Waals surface area contributed by atoms with Gasteiger partial charge in [0.25, 0.3) is 10.1 Å². The molecule has 1 rings (SSSR count). The summed E-state index contributed by atoms with van der Waals surface area (Å²) in [7, 11) is -3.64. The maximum atomic E-state index is 11.6. The molecular weight excluding hydrogens is 214 g/mol. The lowest BCUT2D eigenvalue weighted by Crippen LogP contribution is -2.07. The van der Waals surface area contributed by atoms with Gasteiger partial charge < -0.3 is 5.73 Å². The second-order valence-electron chi connectivity index (χ2n) is 3.20. The van der Waals surface area contributed by atoms with Gasteiger partial charge in [-0.15, -0.1) is 0 Å². The molecule has 0 atom stereocenters. The molecule has 0 heterocycles. The van der Waals surface area contributed by atoms with Crippen molar-refractivity contribution in [1.29, 1.82) is 0 Å². The molecule has 1 aromatic rings. The van der Waals surface area contributed by atoms with E-state index in [9.17, 15) is 8.42 Å². The van der Waals surface area contributed by atoms with Gasteiger partial charge in [-0.3, -0.25) is 4.18 Å². The first-order valence-corrected chi connectivity index (χ1v) is 6.22. The monoisotopic (exact) mass is 229 g/mol. The molecule has 5 heteroatoms. The summed E-state index contributed by atoms with van der Waals surface area (Å²) in [6, 6.07) is 6.08. The Morgan fingerprint density at radius 1 is 1.40 bits per heavy atom. The van der Waals surface area contributed by atoms with Crippen LogP contribution in [0.4, 0.5) is 5.69 Å². The standard InChI is InChI=1S/C10H15NO3S/c1-2-3-7-14-15(12,13)10-6-4-5-9(11)8-10/h4-6,8H,2-3,7,11H2,1H3. The largest absolute Gasteiger partial charge is 0.399 e. The number of rotatable bonds is 5. The molecule has 0 aliphatic carbocycles. The summed E-state index contributed by atoms with van der Waals surface area (Å²) < 4.78 is 28.0. The van der Waals surface area contributed by atoms with E-state index in [4.69, 9.17) is 9.92 Å². The van der Waals surface area contributed by atoms with Crippen molar-refractivity contribution in [3.05, 3.63) is 24.3 Å². The van der Waals surface area contributed by atoms with Crippen LogP contribution in [0.3, 0.4) is 0 Å². The number of hydrogen-bond donors (Lipinski definition) is 1. The normalized spacial score (nSPS) is 11.5. The molecule has 0 spiro atoms. The average Bonchev–Trinajstić information content (AvgIpc) is 2.18. The molecule has 1 aromatic carbocycles. The third kappa shape index (κ3) is 3.53. The Morgan fingerprint density at radius 3 is 2.73 bits per heavy atom. The third-order valence-corrected chi connectivity index (χ3v) is 3.19. The van der Waals surface area contributed by atoms with Gasteiger partial charge in [-0.1, -0.05) is 19.4 Å². The van der Waals surface area contributed by atoms with Crippen molar-refractivity contribution in [1.82, 2.24) is 0 Å². The maximum absolute atomic E-state index is 11.6. The predicted molar refractivity (Wildman–Crippen MR) is 58.9 cm³/mol. The highest BCUT2D eigenvalue weighted by molar-refractivity contribution is 7.86. The lowest BCUT2D eigenvalue weighted by atomic mass is 10.3. The molecule has 0 aliphatic heterocycles. The SMILES string of the molecule is CCCCOS(=O)(=O)c1cccc(N)c1. The second-order valence-corrected chi connectivity index (χ2v) is 4.82. The highest BCUT2D eigenvalue weighted by Gasteiger charge is 2.14. The molecule has 15 heavy (non-hydrogen) atoms. The molecule has 84 valence electrons. The van der Waals surface area contributed by atoms with Gasteiger partial charge in [0, 0.05) is 5.69 Å². The zero-order chi connectivity index (χ0) is 11.3. The Bertz CT molecular complexity index is 414. The van der Waals surface area contributed by atoms with Crippen LogP contribution >= 0.6 is 0 Å². The van der Waals surface area contributed by atoms with E-state index in [2.05, 4.69) is 0 Å². The van der Waals surface area contributed by atoms with Crippen LogP contribution in [0.2, 0.25) is 0 Å². The molecule has 0 unspecified atom stereocenters. The van der Waals surface area contributed by atoms with E-state index in [1.165, 1.54) is 12.1 Å². The lowest BCUT2D eigenvalue weighted by Gasteiger charge is -2.05. The quantitative estimate of drug-likeness (QED) is 0.474. The molecule has 0 aromatic heterocycles. The summed E-state index contributed by atoms with van der Waals surface area (Å²) in [5.74, 6) is 0. The van der Waals surface area contributed by atoms with Gasteiger partial charge in [-0.25, -0.2) is 0 Å². The van der Waals surface area contributed by atoms with Crippen LogP contribution in [-0.4, -0.2) is 15.0 Å². The fourth-order valence-electron chi connectivity index (χ4n) is 1.05. The van der Waals surface area contributed by atoms with Gasteiger partial charge in [0.05, 0.1) is 11.5 Å². The van der Waals surface area contributed by atoms with Gasteiger partial charge >= 0.3 is 0 Å². The van der Waals surface area contributed by atoms with Crippen molar-refractivity contribution in [3.8, 4) is 0 Å². The third-order valence-electron chi connectivity index (χ3n) is 1.88. The van der Waals surface area contributed by atoms with E-state index < -0.39 is 10.1 Å². The molecule has 0 fully saturated rings. The maximum Gasteiger partial charge on any atom is 0.297 e. The number of benzene rings is 1. The van der Waals surface area contributed by atoms with Gasteiger partial charge in [-0.05, 0) is 24.6 Å². The highest BCUT2D eigenvalue weighted by Crippen LogP contribution is 2.15. The van der Waals surface area contributed by atoms with Crippen molar-refractivity contribution < 1.29 is 12.6 Å².